The fourth-order valence-electron chi connectivity index (χ4n) is 2.63. The van der Waals surface area contributed by atoms with Gasteiger partial charge in [-0.1, -0.05) is 31.9 Å². The molecule has 1 aromatic carbocycles. The SMILES string of the molecule is Cc1cccc(OCCNC(=O)C2(C)CCCC2)c1. The summed E-state index contributed by atoms with van der Waals surface area (Å²) >= 11 is 0. The molecule has 1 aliphatic carbocycles. The van der Waals surface area contributed by atoms with Gasteiger partial charge < -0.3 is 10.1 Å². The van der Waals surface area contributed by atoms with Crippen LogP contribution in [0.5, 0.6) is 5.75 Å². The molecule has 0 radical (unpaired) electrons. The monoisotopic (exact) mass is 261 g/mol. The lowest BCUT2D eigenvalue weighted by molar-refractivity contribution is -0.130. The molecule has 0 aromatic heterocycles. The van der Waals surface area contributed by atoms with E-state index in [0.717, 1.165) is 18.6 Å². The topological polar surface area (TPSA) is 38.3 Å². The Hall–Kier alpha value is -1.51. The summed E-state index contributed by atoms with van der Waals surface area (Å²) in [5, 5.41) is 2.99. The van der Waals surface area contributed by atoms with Gasteiger partial charge in [-0.05, 0) is 37.5 Å². The molecule has 0 saturated heterocycles. The fourth-order valence-corrected chi connectivity index (χ4v) is 2.63. The van der Waals surface area contributed by atoms with Gasteiger partial charge in [-0.15, -0.1) is 0 Å². The fraction of sp³-hybridized carbons (Fsp3) is 0.562. The Balaban J connectivity index is 1.71. The van der Waals surface area contributed by atoms with E-state index in [1.165, 1.54) is 18.4 Å². The number of ether oxygens (including phenoxy) is 1. The highest BCUT2D eigenvalue weighted by molar-refractivity contribution is 5.82. The van der Waals surface area contributed by atoms with Gasteiger partial charge in [-0.2, -0.15) is 0 Å². The molecule has 0 bridgehead atoms. The molecule has 3 heteroatoms. The molecule has 1 aromatic rings. The number of hydrogen-bond acceptors (Lipinski definition) is 2. The lowest BCUT2D eigenvalue weighted by Crippen LogP contribution is -2.39. The average molecular weight is 261 g/mol. The highest BCUT2D eigenvalue weighted by atomic mass is 16.5. The molecule has 104 valence electrons. The third-order valence-electron chi connectivity index (χ3n) is 3.90. The Kier molecular flexibility index (Phi) is 4.46. The third-order valence-corrected chi connectivity index (χ3v) is 3.90. The van der Waals surface area contributed by atoms with E-state index in [4.69, 9.17) is 4.74 Å². The quantitative estimate of drug-likeness (QED) is 0.827. The van der Waals surface area contributed by atoms with Gasteiger partial charge in [0.25, 0.3) is 0 Å². The number of carbonyl (C=O) groups excluding carboxylic acids is 1. The maximum Gasteiger partial charge on any atom is 0.226 e. The first kappa shape index (κ1) is 13.9. The first-order valence-electron chi connectivity index (χ1n) is 7.08. The van der Waals surface area contributed by atoms with E-state index in [0.29, 0.717) is 13.2 Å². The summed E-state index contributed by atoms with van der Waals surface area (Å²) in [4.78, 5) is 12.1. The number of rotatable bonds is 5. The van der Waals surface area contributed by atoms with Crippen molar-refractivity contribution in [3.05, 3.63) is 29.8 Å². The van der Waals surface area contributed by atoms with Crippen LogP contribution >= 0.6 is 0 Å². The molecule has 1 amide bonds. The Morgan fingerprint density at radius 3 is 2.79 bits per heavy atom. The van der Waals surface area contributed by atoms with E-state index in [1.807, 2.05) is 31.2 Å². The van der Waals surface area contributed by atoms with Gasteiger partial charge in [0.05, 0.1) is 6.54 Å². The zero-order chi connectivity index (χ0) is 13.7. The van der Waals surface area contributed by atoms with E-state index < -0.39 is 0 Å². The molecule has 0 spiro atoms. The summed E-state index contributed by atoms with van der Waals surface area (Å²) in [5.41, 5.74) is 1.03. The summed E-state index contributed by atoms with van der Waals surface area (Å²) in [5.74, 6) is 1.04. The van der Waals surface area contributed by atoms with Crippen LogP contribution in [0.1, 0.15) is 38.2 Å². The third kappa shape index (κ3) is 3.72. The Morgan fingerprint density at radius 1 is 1.37 bits per heavy atom. The second kappa shape index (κ2) is 6.09. The summed E-state index contributed by atoms with van der Waals surface area (Å²) < 4.78 is 5.62. The van der Waals surface area contributed by atoms with Gasteiger partial charge in [0, 0.05) is 5.41 Å². The molecule has 0 aliphatic heterocycles. The summed E-state index contributed by atoms with van der Waals surface area (Å²) in [6.45, 7) is 5.19. The minimum absolute atomic E-state index is 0.149. The molecular weight excluding hydrogens is 238 g/mol. The van der Waals surface area contributed by atoms with Crippen molar-refractivity contribution in [2.24, 2.45) is 5.41 Å². The minimum atomic E-state index is -0.149. The van der Waals surface area contributed by atoms with Gasteiger partial charge in [0.2, 0.25) is 5.91 Å². The van der Waals surface area contributed by atoms with E-state index in [-0.39, 0.29) is 11.3 Å². The molecule has 1 N–H and O–H groups in total. The molecule has 0 heterocycles. The molecule has 19 heavy (non-hydrogen) atoms. The Morgan fingerprint density at radius 2 is 2.11 bits per heavy atom. The number of aryl methyl sites for hydroxylation is 1. The van der Waals surface area contributed by atoms with Crippen molar-refractivity contribution >= 4 is 5.91 Å². The van der Waals surface area contributed by atoms with Gasteiger partial charge in [-0.25, -0.2) is 0 Å². The van der Waals surface area contributed by atoms with Crippen LogP contribution in [0.15, 0.2) is 24.3 Å². The Bertz CT molecular complexity index is 436. The largest absolute Gasteiger partial charge is 0.492 e. The van der Waals surface area contributed by atoms with Crippen LogP contribution in [-0.4, -0.2) is 19.1 Å². The van der Waals surface area contributed by atoms with Crippen molar-refractivity contribution in [1.82, 2.24) is 5.32 Å². The van der Waals surface area contributed by atoms with E-state index >= 15 is 0 Å². The number of nitrogens with one attached hydrogen (secondary N) is 1. The maximum absolute atomic E-state index is 12.1. The molecule has 3 nitrogen and oxygen atoms in total. The van der Waals surface area contributed by atoms with Gasteiger partial charge >= 0.3 is 0 Å². The van der Waals surface area contributed by atoms with Crippen molar-refractivity contribution in [1.29, 1.82) is 0 Å². The lowest BCUT2D eigenvalue weighted by atomic mass is 9.88. The normalized spacial score (nSPS) is 17.2. The predicted octanol–water partition coefficient (Wildman–Crippen LogP) is 3.07. The van der Waals surface area contributed by atoms with E-state index in [1.54, 1.807) is 0 Å². The van der Waals surface area contributed by atoms with E-state index in [9.17, 15) is 4.79 Å². The van der Waals surface area contributed by atoms with E-state index in [2.05, 4.69) is 12.2 Å². The highest BCUT2D eigenvalue weighted by Gasteiger charge is 2.35. The maximum atomic E-state index is 12.1. The molecule has 1 fully saturated rings. The Labute approximate surface area is 115 Å². The predicted molar refractivity (Wildman–Crippen MR) is 76.3 cm³/mol. The van der Waals surface area contributed by atoms with Crippen LogP contribution in [0.2, 0.25) is 0 Å². The van der Waals surface area contributed by atoms with Crippen LogP contribution in [0, 0.1) is 12.3 Å². The van der Waals surface area contributed by atoms with Crippen molar-refractivity contribution in [3.63, 3.8) is 0 Å². The summed E-state index contributed by atoms with van der Waals surface area (Å²) in [7, 11) is 0. The molecule has 1 saturated carbocycles. The van der Waals surface area contributed by atoms with Crippen molar-refractivity contribution in [3.8, 4) is 5.75 Å². The number of carbonyl (C=O) groups is 1. The zero-order valence-corrected chi connectivity index (χ0v) is 11.9. The smallest absolute Gasteiger partial charge is 0.226 e. The van der Waals surface area contributed by atoms with Gasteiger partial charge in [-0.3, -0.25) is 4.79 Å². The first-order valence-corrected chi connectivity index (χ1v) is 7.08. The van der Waals surface area contributed by atoms with Crippen LogP contribution in [0.25, 0.3) is 0 Å². The van der Waals surface area contributed by atoms with Gasteiger partial charge in [0.1, 0.15) is 12.4 Å². The molecule has 0 unspecified atom stereocenters. The molecule has 1 aliphatic rings. The standard InChI is InChI=1S/C16H23NO2/c1-13-6-5-7-14(12-13)19-11-10-17-15(18)16(2)8-3-4-9-16/h5-7,12H,3-4,8-11H2,1-2H3,(H,17,18). The number of benzene rings is 1. The highest BCUT2D eigenvalue weighted by Crippen LogP contribution is 2.37. The van der Waals surface area contributed by atoms with Crippen LogP contribution in [0.3, 0.4) is 0 Å². The van der Waals surface area contributed by atoms with Crippen LogP contribution in [0.4, 0.5) is 0 Å². The van der Waals surface area contributed by atoms with Gasteiger partial charge in [0.15, 0.2) is 0 Å². The lowest BCUT2D eigenvalue weighted by Gasteiger charge is -2.22. The second-order valence-corrected chi connectivity index (χ2v) is 5.69. The molecular formula is C16H23NO2. The molecule has 2 rings (SSSR count). The van der Waals surface area contributed by atoms with Crippen LogP contribution in [-0.2, 0) is 4.79 Å². The average Bonchev–Trinajstić information content (AvgIpc) is 2.83. The summed E-state index contributed by atoms with van der Waals surface area (Å²) in [6, 6.07) is 7.95. The second-order valence-electron chi connectivity index (χ2n) is 5.69. The summed E-state index contributed by atoms with van der Waals surface area (Å²) in [6.07, 6.45) is 4.36. The number of hydrogen-bond donors (Lipinski definition) is 1. The zero-order valence-electron chi connectivity index (χ0n) is 11.9. The first-order chi connectivity index (χ1) is 9.10. The number of amides is 1. The molecule has 0 atom stereocenters. The van der Waals surface area contributed by atoms with Crippen LogP contribution < -0.4 is 10.1 Å². The van der Waals surface area contributed by atoms with Crippen molar-refractivity contribution < 1.29 is 9.53 Å². The van der Waals surface area contributed by atoms with Crippen molar-refractivity contribution in [2.75, 3.05) is 13.2 Å². The minimum Gasteiger partial charge on any atom is -0.492 e. The van der Waals surface area contributed by atoms with Crippen molar-refractivity contribution in [2.45, 2.75) is 39.5 Å².